The number of anilines is 1. The average molecular weight is 447 g/mol. The van der Waals surface area contributed by atoms with E-state index in [1.54, 1.807) is 19.2 Å². The van der Waals surface area contributed by atoms with Crippen LogP contribution in [0.4, 0.5) is 10.1 Å². The zero-order valence-corrected chi connectivity index (χ0v) is 19.7. The molecule has 0 fully saturated rings. The normalized spacial score (nSPS) is 11.7. The van der Waals surface area contributed by atoms with Crippen LogP contribution in [0.15, 0.2) is 42.5 Å². The lowest BCUT2D eigenvalue weighted by Gasteiger charge is -2.30. The minimum absolute atomic E-state index is 0.301. The smallest absolute Gasteiger partial charge is 0.248 e. The van der Waals surface area contributed by atoms with E-state index in [1.807, 2.05) is 12.1 Å². The lowest BCUT2D eigenvalue weighted by Crippen LogP contribution is -2.37. The van der Waals surface area contributed by atoms with Crippen molar-refractivity contribution in [3.8, 4) is 5.75 Å². The Hall–Kier alpha value is -2.37. The molecule has 0 aliphatic heterocycles. The van der Waals surface area contributed by atoms with Crippen LogP contribution in [0.3, 0.4) is 0 Å². The zero-order chi connectivity index (χ0) is 23.0. The van der Waals surface area contributed by atoms with Crippen molar-refractivity contribution in [2.24, 2.45) is 0 Å². The SMILES string of the molecule is COc1ccc(NC(=O)/C=C/c2ccc(Cl)cc2F)cc1CCCN(C(C)C)C(C)C. The number of rotatable bonds is 10. The monoisotopic (exact) mass is 446 g/mol. The first-order valence-corrected chi connectivity index (χ1v) is 11.0. The van der Waals surface area contributed by atoms with Crippen molar-refractivity contribution in [1.82, 2.24) is 4.90 Å². The van der Waals surface area contributed by atoms with E-state index in [4.69, 9.17) is 16.3 Å². The predicted octanol–water partition coefficient (Wildman–Crippen LogP) is 6.19. The van der Waals surface area contributed by atoms with Crippen LogP contribution >= 0.6 is 11.6 Å². The number of nitrogens with zero attached hydrogens (tertiary/aromatic N) is 1. The molecule has 4 nitrogen and oxygen atoms in total. The Kier molecular flexibility index (Phi) is 9.53. The summed E-state index contributed by atoms with van der Waals surface area (Å²) in [5, 5.41) is 3.14. The Balaban J connectivity index is 2.03. The molecule has 31 heavy (non-hydrogen) atoms. The van der Waals surface area contributed by atoms with E-state index < -0.39 is 5.82 Å². The Bertz CT molecular complexity index is 904. The van der Waals surface area contributed by atoms with Crippen molar-refractivity contribution in [1.29, 1.82) is 0 Å². The van der Waals surface area contributed by atoms with Crippen molar-refractivity contribution >= 4 is 29.3 Å². The van der Waals surface area contributed by atoms with Gasteiger partial charge >= 0.3 is 0 Å². The van der Waals surface area contributed by atoms with Crippen molar-refractivity contribution in [3.05, 3.63) is 64.4 Å². The molecule has 1 amide bonds. The molecule has 0 unspecified atom stereocenters. The maximum Gasteiger partial charge on any atom is 0.248 e. The Morgan fingerprint density at radius 3 is 2.48 bits per heavy atom. The predicted molar refractivity (Wildman–Crippen MR) is 127 cm³/mol. The second-order valence-electron chi connectivity index (χ2n) is 8.04. The summed E-state index contributed by atoms with van der Waals surface area (Å²) in [6, 6.07) is 10.9. The molecule has 2 aromatic rings. The Morgan fingerprint density at radius 1 is 1.16 bits per heavy atom. The topological polar surface area (TPSA) is 41.6 Å². The zero-order valence-electron chi connectivity index (χ0n) is 18.9. The van der Waals surface area contributed by atoms with Crippen LogP contribution in [0.2, 0.25) is 5.02 Å². The van der Waals surface area contributed by atoms with Crippen LogP contribution in [0, 0.1) is 5.82 Å². The molecule has 0 aliphatic rings. The summed E-state index contributed by atoms with van der Waals surface area (Å²) in [5.74, 6) is -0.00574. The Labute approximate surface area is 190 Å². The third-order valence-electron chi connectivity index (χ3n) is 5.11. The minimum Gasteiger partial charge on any atom is -0.496 e. The fourth-order valence-corrected chi connectivity index (χ4v) is 3.76. The number of amides is 1. The summed E-state index contributed by atoms with van der Waals surface area (Å²) in [7, 11) is 1.65. The minimum atomic E-state index is -0.472. The molecule has 6 heteroatoms. The third kappa shape index (κ3) is 7.67. The van der Waals surface area contributed by atoms with Gasteiger partial charge in [0, 0.05) is 34.4 Å². The highest BCUT2D eigenvalue weighted by molar-refractivity contribution is 6.30. The number of halogens is 2. The van der Waals surface area contributed by atoms with Gasteiger partial charge in [-0.15, -0.1) is 0 Å². The van der Waals surface area contributed by atoms with Gasteiger partial charge in [0.1, 0.15) is 11.6 Å². The van der Waals surface area contributed by atoms with Gasteiger partial charge in [-0.3, -0.25) is 9.69 Å². The second-order valence-corrected chi connectivity index (χ2v) is 8.48. The molecular weight excluding hydrogens is 415 g/mol. The van der Waals surface area contributed by atoms with Crippen LogP contribution in [0.1, 0.15) is 45.2 Å². The van der Waals surface area contributed by atoms with Crippen LogP contribution in [-0.2, 0) is 11.2 Å². The molecule has 0 heterocycles. The highest BCUT2D eigenvalue weighted by Crippen LogP contribution is 2.24. The summed E-state index contributed by atoms with van der Waals surface area (Å²) in [4.78, 5) is 14.8. The van der Waals surface area contributed by atoms with Gasteiger partial charge in [0.15, 0.2) is 0 Å². The molecule has 2 aromatic carbocycles. The standard InChI is InChI=1S/C25H32ClFN2O2/c1-17(2)29(18(3)4)14-6-7-20-15-22(11-12-24(20)31-5)28-25(30)13-9-19-8-10-21(26)16-23(19)27/h8-13,15-18H,6-7,14H2,1-5H3,(H,28,30)/b13-9+. The van der Waals surface area contributed by atoms with E-state index in [0.29, 0.717) is 28.4 Å². The summed E-state index contributed by atoms with van der Waals surface area (Å²) < 4.78 is 19.3. The quantitative estimate of drug-likeness (QED) is 0.442. The first-order chi connectivity index (χ1) is 14.7. The third-order valence-corrected chi connectivity index (χ3v) is 5.35. The number of hydrogen-bond donors (Lipinski definition) is 1. The lowest BCUT2D eigenvalue weighted by atomic mass is 10.1. The fourth-order valence-electron chi connectivity index (χ4n) is 3.60. The van der Waals surface area contributed by atoms with Crippen molar-refractivity contribution in [3.63, 3.8) is 0 Å². The number of benzene rings is 2. The van der Waals surface area contributed by atoms with Crippen LogP contribution in [-0.4, -0.2) is 36.5 Å². The average Bonchev–Trinajstić information content (AvgIpc) is 2.70. The number of hydrogen-bond acceptors (Lipinski definition) is 3. The van der Waals surface area contributed by atoms with Gasteiger partial charge in [-0.25, -0.2) is 4.39 Å². The molecular formula is C25H32ClFN2O2. The molecule has 0 saturated carbocycles. The molecule has 0 bridgehead atoms. The van der Waals surface area contributed by atoms with Gasteiger partial charge in [-0.2, -0.15) is 0 Å². The highest BCUT2D eigenvalue weighted by atomic mass is 35.5. The maximum absolute atomic E-state index is 13.9. The van der Waals surface area contributed by atoms with Crippen LogP contribution < -0.4 is 10.1 Å². The lowest BCUT2D eigenvalue weighted by molar-refractivity contribution is -0.111. The summed E-state index contributed by atoms with van der Waals surface area (Å²) in [6.45, 7) is 9.82. The van der Waals surface area contributed by atoms with E-state index in [-0.39, 0.29) is 5.91 Å². The maximum atomic E-state index is 13.9. The Morgan fingerprint density at radius 2 is 1.87 bits per heavy atom. The van der Waals surface area contributed by atoms with Crippen molar-refractivity contribution in [2.75, 3.05) is 19.0 Å². The number of methoxy groups -OCH3 is 1. The molecule has 0 atom stereocenters. The molecule has 2 rings (SSSR count). The summed E-state index contributed by atoms with van der Waals surface area (Å²) >= 11 is 5.75. The molecule has 0 spiro atoms. The number of carbonyl (C=O) groups excluding carboxylic acids is 1. The van der Waals surface area contributed by atoms with Gasteiger partial charge in [-0.05, 0) is 89.1 Å². The van der Waals surface area contributed by atoms with Crippen LogP contribution in [0.25, 0.3) is 6.08 Å². The van der Waals surface area contributed by atoms with E-state index in [2.05, 4.69) is 37.9 Å². The first-order valence-electron chi connectivity index (χ1n) is 10.6. The first kappa shape index (κ1) is 24.9. The molecule has 0 aliphatic carbocycles. The van der Waals surface area contributed by atoms with Gasteiger partial charge in [-0.1, -0.05) is 17.7 Å². The van der Waals surface area contributed by atoms with E-state index >= 15 is 0 Å². The van der Waals surface area contributed by atoms with Gasteiger partial charge in [0.25, 0.3) is 0 Å². The molecule has 0 radical (unpaired) electrons. The van der Waals surface area contributed by atoms with E-state index in [9.17, 15) is 9.18 Å². The number of ether oxygens (including phenoxy) is 1. The number of nitrogens with one attached hydrogen (secondary N) is 1. The molecule has 1 N–H and O–H groups in total. The van der Waals surface area contributed by atoms with Gasteiger partial charge in [0.2, 0.25) is 5.91 Å². The van der Waals surface area contributed by atoms with Crippen molar-refractivity contribution in [2.45, 2.75) is 52.6 Å². The largest absolute Gasteiger partial charge is 0.496 e. The van der Waals surface area contributed by atoms with Crippen LogP contribution in [0.5, 0.6) is 5.75 Å². The van der Waals surface area contributed by atoms with E-state index in [1.165, 1.54) is 24.3 Å². The van der Waals surface area contributed by atoms with Gasteiger partial charge in [0.05, 0.1) is 7.11 Å². The molecule has 0 aromatic heterocycles. The second kappa shape index (κ2) is 11.9. The molecule has 0 saturated heterocycles. The number of carbonyl (C=O) groups is 1. The summed E-state index contributed by atoms with van der Waals surface area (Å²) in [6.07, 6.45) is 4.56. The molecule has 168 valence electrons. The number of aryl methyl sites for hydroxylation is 1. The highest BCUT2D eigenvalue weighted by Gasteiger charge is 2.13. The fraction of sp³-hybridized carbons (Fsp3) is 0.400. The van der Waals surface area contributed by atoms with Gasteiger partial charge < -0.3 is 10.1 Å². The van der Waals surface area contributed by atoms with E-state index in [0.717, 1.165) is 30.7 Å². The summed E-state index contributed by atoms with van der Waals surface area (Å²) in [5.41, 5.74) is 2.02. The van der Waals surface area contributed by atoms with Crippen molar-refractivity contribution < 1.29 is 13.9 Å².